The maximum Gasteiger partial charge on any atom is 0.329 e. The lowest BCUT2D eigenvalue weighted by atomic mass is 10.1. The van der Waals surface area contributed by atoms with Crippen molar-refractivity contribution >= 4 is 17.3 Å². The quantitative estimate of drug-likeness (QED) is 0.702. The molecular formula is C17H17N5O2. The normalized spacial score (nSPS) is 10.4. The summed E-state index contributed by atoms with van der Waals surface area (Å²) in [4.78, 5) is 12.7. The molecule has 122 valence electrons. The monoisotopic (exact) mass is 323 g/mol. The molecule has 0 fully saturated rings. The number of esters is 1. The predicted octanol–water partition coefficient (Wildman–Crippen LogP) is 2.65. The molecular weight excluding hydrogens is 306 g/mol. The van der Waals surface area contributed by atoms with Crippen LogP contribution < -0.4 is 5.32 Å². The Labute approximate surface area is 139 Å². The van der Waals surface area contributed by atoms with Crippen LogP contribution >= 0.6 is 0 Å². The second kappa shape index (κ2) is 7.36. The number of aromatic nitrogens is 4. The molecule has 0 aliphatic carbocycles. The molecule has 0 amide bonds. The second-order valence-electron chi connectivity index (χ2n) is 4.99. The Morgan fingerprint density at radius 1 is 1.12 bits per heavy atom. The lowest BCUT2D eigenvalue weighted by molar-refractivity contribution is -0.144. The number of carbonyl (C=O) groups is 1. The van der Waals surface area contributed by atoms with Gasteiger partial charge >= 0.3 is 5.97 Å². The van der Waals surface area contributed by atoms with E-state index in [-0.39, 0.29) is 6.54 Å². The Morgan fingerprint density at radius 3 is 2.67 bits per heavy atom. The molecule has 0 unspecified atom stereocenters. The summed E-state index contributed by atoms with van der Waals surface area (Å²) in [5.41, 5.74) is 2.62. The third kappa shape index (κ3) is 3.75. The first-order valence-corrected chi connectivity index (χ1v) is 7.61. The molecule has 3 aromatic rings. The molecule has 0 saturated heterocycles. The molecule has 0 atom stereocenters. The van der Waals surface area contributed by atoms with E-state index in [0.29, 0.717) is 12.4 Å². The smallest absolute Gasteiger partial charge is 0.329 e. The lowest BCUT2D eigenvalue weighted by Crippen LogP contribution is -2.15. The number of nitrogens with zero attached hydrogens (tertiary/aromatic N) is 4. The number of rotatable bonds is 6. The van der Waals surface area contributed by atoms with Gasteiger partial charge in [0.25, 0.3) is 0 Å². The molecule has 7 nitrogen and oxygen atoms in total. The molecule has 0 spiro atoms. The van der Waals surface area contributed by atoms with Crippen molar-refractivity contribution in [3.05, 3.63) is 54.6 Å². The zero-order valence-electron chi connectivity index (χ0n) is 13.2. The lowest BCUT2D eigenvalue weighted by Gasteiger charge is -2.09. The summed E-state index contributed by atoms with van der Waals surface area (Å²) >= 11 is 0. The predicted molar refractivity (Wildman–Crippen MR) is 89.6 cm³/mol. The topological polar surface area (TPSA) is 81.9 Å². The molecule has 2 aromatic carbocycles. The highest BCUT2D eigenvalue weighted by atomic mass is 16.5. The maximum absolute atomic E-state index is 11.5. The molecule has 0 radical (unpaired) electrons. The molecule has 0 bridgehead atoms. The van der Waals surface area contributed by atoms with Gasteiger partial charge in [0.2, 0.25) is 5.82 Å². The number of tetrazole rings is 1. The number of ether oxygens (including phenoxy) is 1. The van der Waals surface area contributed by atoms with Gasteiger partial charge in [-0.25, -0.2) is 4.79 Å². The van der Waals surface area contributed by atoms with Gasteiger partial charge < -0.3 is 10.1 Å². The summed E-state index contributed by atoms with van der Waals surface area (Å²) in [5.74, 6) is 0.0514. The van der Waals surface area contributed by atoms with Crippen LogP contribution in [0.5, 0.6) is 0 Å². The van der Waals surface area contributed by atoms with Crippen molar-refractivity contribution in [2.24, 2.45) is 0 Å². The summed E-state index contributed by atoms with van der Waals surface area (Å²) in [6.07, 6.45) is 0. The molecule has 0 saturated carbocycles. The molecule has 7 heteroatoms. The van der Waals surface area contributed by atoms with Gasteiger partial charge in [-0.1, -0.05) is 30.3 Å². The van der Waals surface area contributed by atoms with E-state index in [1.165, 1.54) is 4.80 Å². The van der Waals surface area contributed by atoms with Gasteiger partial charge in [-0.2, -0.15) is 4.80 Å². The summed E-state index contributed by atoms with van der Waals surface area (Å²) in [5, 5.41) is 15.5. The van der Waals surface area contributed by atoms with Crippen molar-refractivity contribution in [2.75, 3.05) is 11.9 Å². The van der Waals surface area contributed by atoms with Crippen LogP contribution in [0.3, 0.4) is 0 Å². The van der Waals surface area contributed by atoms with Gasteiger partial charge in [-0.3, -0.25) is 0 Å². The van der Waals surface area contributed by atoms with Crippen LogP contribution in [0, 0.1) is 0 Å². The summed E-state index contributed by atoms with van der Waals surface area (Å²) in [6.45, 7) is 2.02. The van der Waals surface area contributed by atoms with E-state index < -0.39 is 5.97 Å². The molecule has 3 rings (SSSR count). The number of carbonyl (C=O) groups excluding carboxylic acids is 1. The van der Waals surface area contributed by atoms with Crippen LogP contribution in [0.1, 0.15) is 6.92 Å². The first kappa shape index (κ1) is 15.7. The molecule has 0 aliphatic heterocycles. The molecule has 1 N–H and O–H groups in total. The van der Waals surface area contributed by atoms with E-state index in [2.05, 4.69) is 20.7 Å². The summed E-state index contributed by atoms with van der Waals surface area (Å²) in [6, 6.07) is 17.5. The van der Waals surface area contributed by atoms with Crippen LogP contribution in [0.15, 0.2) is 54.6 Å². The third-order valence-electron chi connectivity index (χ3n) is 3.25. The standard InChI is InChI=1S/C17H17N5O2/c1-2-24-16(23)12-22-20-17(19-21-22)14-10-6-7-11-15(14)18-13-8-4-3-5-9-13/h3-11,18H,2,12H2,1H3. The van der Waals surface area contributed by atoms with E-state index in [1.54, 1.807) is 6.92 Å². The number of nitrogens with one attached hydrogen (secondary N) is 1. The fourth-order valence-electron chi connectivity index (χ4n) is 2.20. The Morgan fingerprint density at radius 2 is 1.88 bits per heavy atom. The van der Waals surface area contributed by atoms with Gasteiger partial charge in [0, 0.05) is 16.9 Å². The van der Waals surface area contributed by atoms with E-state index in [0.717, 1.165) is 16.9 Å². The highest BCUT2D eigenvalue weighted by molar-refractivity contribution is 5.77. The van der Waals surface area contributed by atoms with E-state index in [1.807, 2.05) is 54.6 Å². The van der Waals surface area contributed by atoms with Gasteiger partial charge in [0.05, 0.1) is 6.61 Å². The molecule has 1 aromatic heterocycles. The van der Waals surface area contributed by atoms with Crippen molar-refractivity contribution in [1.29, 1.82) is 0 Å². The minimum Gasteiger partial charge on any atom is -0.465 e. The van der Waals surface area contributed by atoms with Crippen molar-refractivity contribution in [3.8, 4) is 11.4 Å². The Hall–Kier alpha value is -3.22. The number of hydrogen-bond acceptors (Lipinski definition) is 6. The van der Waals surface area contributed by atoms with Crippen molar-refractivity contribution in [3.63, 3.8) is 0 Å². The van der Waals surface area contributed by atoms with Gasteiger partial charge in [-0.15, -0.1) is 10.2 Å². The SMILES string of the molecule is CCOC(=O)Cn1nnc(-c2ccccc2Nc2ccccc2)n1. The maximum atomic E-state index is 11.5. The largest absolute Gasteiger partial charge is 0.465 e. The van der Waals surface area contributed by atoms with Crippen LogP contribution in [-0.4, -0.2) is 32.8 Å². The van der Waals surface area contributed by atoms with Gasteiger partial charge in [0.1, 0.15) is 0 Å². The van der Waals surface area contributed by atoms with Crippen molar-refractivity contribution < 1.29 is 9.53 Å². The van der Waals surface area contributed by atoms with E-state index >= 15 is 0 Å². The number of anilines is 2. The van der Waals surface area contributed by atoms with Gasteiger partial charge in [-0.05, 0) is 36.4 Å². The number of hydrogen-bond donors (Lipinski definition) is 1. The summed E-state index contributed by atoms with van der Waals surface area (Å²) in [7, 11) is 0. The minimum atomic E-state index is -0.392. The van der Waals surface area contributed by atoms with E-state index in [4.69, 9.17) is 4.74 Å². The van der Waals surface area contributed by atoms with Crippen molar-refractivity contribution in [1.82, 2.24) is 20.2 Å². The Bertz CT molecular complexity index is 817. The van der Waals surface area contributed by atoms with E-state index in [9.17, 15) is 4.79 Å². The highest BCUT2D eigenvalue weighted by Crippen LogP contribution is 2.27. The second-order valence-corrected chi connectivity index (χ2v) is 4.99. The van der Waals surface area contributed by atoms with Crippen LogP contribution in [-0.2, 0) is 16.1 Å². The zero-order valence-corrected chi connectivity index (χ0v) is 13.2. The highest BCUT2D eigenvalue weighted by Gasteiger charge is 2.13. The molecule has 24 heavy (non-hydrogen) atoms. The number of para-hydroxylation sites is 2. The molecule has 0 aliphatic rings. The average Bonchev–Trinajstić information content (AvgIpc) is 3.05. The van der Waals surface area contributed by atoms with Crippen LogP contribution in [0.25, 0.3) is 11.4 Å². The Balaban J connectivity index is 1.82. The fourth-order valence-corrected chi connectivity index (χ4v) is 2.20. The van der Waals surface area contributed by atoms with Gasteiger partial charge in [0.15, 0.2) is 6.54 Å². The first-order chi connectivity index (χ1) is 11.8. The average molecular weight is 323 g/mol. The third-order valence-corrected chi connectivity index (χ3v) is 3.25. The van der Waals surface area contributed by atoms with Crippen LogP contribution in [0.2, 0.25) is 0 Å². The summed E-state index contributed by atoms with van der Waals surface area (Å²) < 4.78 is 4.88. The van der Waals surface area contributed by atoms with Crippen molar-refractivity contribution in [2.45, 2.75) is 13.5 Å². The number of benzene rings is 2. The fraction of sp³-hybridized carbons (Fsp3) is 0.176. The molecule has 1 heterocycles. The zero-order chi connectivity index (χ0) is 16.8. The van der Waals surface area contributed by atoms with Crippen LogP contribution in [0.4, 0.5) is 11.4 Å². The minimum absolute atomic E-state index is 0.0604. The first-order valence-electron chi connectivity index (χ1n) is 7.61. The Kier molecular flexibility index (Phi) is 4.81.